The second-order valence-electron chi connectivity index (χ2n) is 7.45. The van der Waals surface area contributed by atoms with E-state index in [2.05, 4.69) is 28.4 Å². The number of nitrogens with zero attached hydrogens (tertiary/aromatic N) is 2. The van der Waals surface area contributed by atoms with Gasteiger partial charge in [-0.1, -0.05) is 37.4 Å². The van der Waals surface area contributed by atoms with Crippen LogP contribution in [0, 0.1) is 11.6 Å². The predicted molar refractivity (Wildman–Crippen MR) is 123 cm³/mol. The summed E-state index contributed by atoms with van der Waals surface area (Å²) in [6, 6.07) is 9.10. The number of hydrogen-bond acceptors (Lipinski definition) is 4. The standard InChI is InChI=1S/C25H28F2N4/c1-4-9-24(31-15-8-10-18(28)16-31)22(5-2)29-17(3)25-21(27)13-14-23(30-25)19-11-6-7-12-20(19)26/h4-7,9,11-14,18,29H,1,3,8,10,15-16,28H2,2H3/b22-5+,24-9+. The quantitative estimate of drug-likeness (QED) is 0.618. The van der Waals surface area contributed by atoms with Crippen molar-refractivity contribution in [2.75, 3.05) is 13.1 Å². The van der Waals surface area contributed by atoms with Crippen molar-refractivity contribution in [3.8, 4) is 11.3 Å². The van der Waals surface area contributed by atoms with Gasteiger partial charge in [0.2, 0.25) is 0 Å². The maximum Gasteiger partial charge on any atom is 0.151 e. The molecular formula is C25H28F2N4. The van der Waals surface area contributed by atoms with Crippen LogP contribution in [0.4, 0.5) is 8.78 Å². The number of likely N-dealkylation sites (tertiary alicyclic amines) is 1. The van der Waals surface area contributed by atoms with Gasteiger partial charge in [-0.05, 0) is 50.1 Å². The van der Waals surface area contributed by atoms with Crippen molar-refractivity contribution in [3.05, 3.63) is 96.5 Å². The van der Waals surface area contributed by atoms with Crippen molar-refractivity contribution in [2.45, 2.75) is 25.8 Å². The molecule has 6 heteroatoms. The summed E-state index contributed by atoms with van der Waals surface area (Å²) in [6.07, 6.45) is 7.48. The third kappa shape index (κ3) is 5.27. The van der Waals surface area contributed by atoms with Crippen LogP contribution in [0.15, 0.2) is 79.2 Å². The first-order valence-corrected chi connectivity index (χ1v) is 10.3. The summed E-state index contributed by atoms with van der Waals surface area (Å²) in [5, 5.41) is 3.19. The predicted octanol–water partition coefficient (Wildman–Crippen LogP) is 4.98. The molecule has 1 aliphatic rings. The normalized spacial score (nSPS) is 17.4. The number of nitrogens with one attached hydrogen (secondary N) is 1. The lowest BCUT2D eigenvalue weighted by Gasteiger charge is -2.35. The van der Waals surface area contributed by atoms with Crippen molar-refractivity contribution in [1.29, 1.82) is 0 Å². The van der Waals surface area contributed by atoms with Crippen molar-refractivity contribution >= 4 is 5.70 Å². The second kappa shape index (κ2) is 10.2. The zero-order valence-corrected chi connectivity index (χ0v) is 17.7. The number of allylic oxidation sites excluding steroid dienone is 3. The van der Waals surface area contributed by atoms with Gasteiger partial charge >= 0.3 is 0 Å². The SMILES string of the molecule is C=C/C=C(\C(=C/C)NC(=C)c1nc(-c2ccccc2F)ccc1F)N1CCCC(N)C1. The molecule has 0 radical (unpaired) electrons. The summed E-state index contributed by atoms with van der Waals surface area (Å²) in [7, 11) is 0. The van der Waals surface area contributed by atoms with Crippen LogP contribution in [0.3, 0.4) is 0 Å². The molecule has 4 nitrogen and oxygen atoms in total. The first kappa shape index (κ1) is 22.4. The van der Waals surface area contributed by atoms with Gasteiger partial charge in [0.25, 0.3) is 0 Å². The lowest BCUT2D eigenvalue weighted by Crippen LogP contribution is -2.43. The molecule has 31 heavy (non-hydrogen) atoms. The third-order valence-electron chi connectivity index (χ3n) is 5.21. The third-order valence-corrected chi connectivity index (χ3v) is 5.21. The molecule has 1 aromatic carbocycles. The molecule has 1 aliphatic heterocycles. The minimum absolute atomic E-state index is 0.0356. The van der Waals surface area contributed by atoms with E-state index in [0.29, 0.717) is 11.3 Å². The topological polar surface area (TPSA) is 54.2 Å². The van der Waals surface area contributed by atoms with Gasteiger partial charge in [-0.2, -0.15) is 0 Å². The second-order valence-corrected chi connectivity index (χ2v) is 7.45. The van der Waals surface area contributed by atoms with Crippen molar-refractivity contribution in [2.24, 2.45) is 5.73 Å². The average Bonchev–Trinajstić information content (AvgIpc) is 2.77. The fourth-order valence-corrected chi connectivity index (χ4v) is 3.68. The molecule has 162 valence electrons. The molecule has 1 aromatic heterocycles. The molecule has 0 saturated carbocycles. The monoisotopic (exact) mass is 422 g/mol. The fraction of sp³-hybridized carbons (Fsp3) is 0.240. The molecule has 1 atom stereocenters. The lowest BCUT2D eigenvalue weighted by molar-refractivity contribution is 0.262. The van der Waals surface area contributed by atoms with E-state index in [4.69, 9.17) is 5.73 Å². The molecule has 1 unspecified atom stereocenters. The average molecular weight is 423 g/mol. The Labute approximate surface area is 182 Å². The summed E-state index contributed by atoms with van der Waals surface area (Å²) in [4.78, 5) is 6.53. The molecule has 0 spiro atoms. The van der Waals surface area contributed by atoms with E-state index in [1.54, 1.807) is 24.3 Å². The Hall–Kier alpha value is -3.25. The summed E-state index contributed by atoms with van der Waals surface area (Å²) >= 11 is 0. The molecule has 1 saturated heterocycles. The molecule has 2 aromatic rings. The van der Waals surface area contributed by atoms with Crippen LogP contribution in [0.1, 0.15) is 25.5 Å². The van der Waals surface area contributed by atoms with Gasteiger partial charge in [-0.15, -0.1) is 0 Å². The number of rotatable bonds is 7. The van der Waals surface area contributed by atoms with Crippen LogP contribution in [0.25, 0.3) is 17.0 Å². The van der Waals surface area contributed by atoms with Crippen LogP contribution in [0.2, 0.25) is 0 Å². The van der Waals surface area contributed by atoms with Crippen molar-refractivity contribution < 1.29 is 8.78 Å². The van der Waals surface area contributed by atoms with Gasteiger partial charge in [-0.25, -0.2) is 13.8 Å². The molecule has 1 fully saturated rings. The molecule has 0 amide bonds. The van der Waals surface area contributed by atoms with Crippen molar-refractivity contribution in [1.82, 2.24) is 15.2 Å². The van der Waals surface area contributed by atoms with Crippen LogP contribution in [-0.4, -0.2) is 29.0 Å². The van der Waals surface area contributed by atoms with E-state index in [1.165, 1.54) is 18.2 Å². The van der Waals surface area contributed by atoms with E-state index in [0.717, 1.165) is 37.3 Å². The van der Waals surface area contributed by atoms with Crippen molar-refractivity contribution in [3.63, 3.8) is 0 Å². The van der Waals surface area contributed by atoms with E-state index in [1.807, 2.05) is 19.1 Å². The fourth-order valence-electron chi connectivity index (χ4n) is 3.68. The largest absolute Gasteiger partial charge is 0.368 e. The van der Waals surface area contributed by atoms with Crippen LogP contribution < -0.4 is 11.1 Å². The first-order valence-electron chi connectivity index (χ1n) is 10.3. The summed E-state index contributed by atoms with van der Waals surface area (Å²) in [6.45, 7) is 11.3. The first-order chi connectivity index (χ1) is 14.9. The number of halogens is 2. The Kier molecular flexibility index (Phi) is 7.36. The Balaban J connectivity index is 1.88. The number of nitrogens with two attached hydrogens (primary N) is 1. The van der Waals surface area contributed by atoms with E-state index in [-0.39, 0.29) is 17.4 Å². The van der Waals surface area contributed by atoms with Crippen LogP contribution >= 0.6 is 0 Å². The summed E-state index contributed by atoms with van der Waals surface area (Å²) in [5.41, 5.74) is 8.76. The number of pyridine rings is 1. The highest BCUT2D eigenvalue weighted by atomic mass is 19.1. The van der Waals surface area contributed by atoms with E-state index >= 15 is 0 Å². The maximum absolute atomic E-state index is 14.6. The van der Waals surface area contributed by atoms with Gasteiger partial charge in [-0.3, -0.25) is 0 Å². The summed E-state index contributed by atoms with van der Waals surface area (Å²) in [5.74, 6) is -0.958. The van der Waals surface area contributed by atoms with Crippen LogP contribution in [-0.2, 0) is 0 Å². The smallest absolute Gasteiger partial charge is 0.151 e. The Morgan fingerprint density at radius 1 is 1.23 bits per heavy atom. The highest BCUT2D eigenvalue weighted by Crippen LogP contribution is 2.25. The Bertz CT molecular complexity index is 1030. The molecule has 3 N–H and O–H groups in total. The lowest BCUT2D eigenvalue weighted by atomic mass is 10.0. The van der Waals surface area contributed by atoms with E-state index < -0.39 is 11.6 Å². The summed E-state index contributed by atoms with van der Waals surface area (Å²) < 4.78 is 28.8. The number of piperidine rings is 1. The van der Waals surface area contributed by atoms with Gasteiger partial charge in [0, 0.05) is 24.7 Å². The molecular weight excluding hydrogens is 394 g/mol. The zero-order chi connectivity index (χ0) is 22.4. The minimum atomic E-state index is -0.540. The van der Waals surface area contributed by atoms with Gasteiger partial charge < -0.3 is 16.0 Å². The molecule has 2 heterocycles. The highest BCUT2D eigenvalue weighted by molar-refractivity contribution is 5.67. The number of benzene rings is 1. The molecule has 0 bridgehead atoms. The maximum atomic E-state index is 14.6. The highest BCUT2D eigenvalue weighted by Gasteiger charge is 2.22. The van der Waals surface area contributed by atoms with Gasteiger partial charge in [0.1, 0.15) is 11.5 Å². The van der Waals surface area contributed by atoms with E-state index in [9.17, 15) is 8.78 Å². The molecule has 3 rings (SSSR count). The Morgan fingerprint density at radius 2 is 2.00 bits per heavy atom. The minimum Gasteiger partial charge on any atom is -0.368 e. The molecule has 0 aliphatic carbocycles. The van der Waals surface area contributed by atoms with Crippen LogP contribution in [0.5, 0.6) is 0 Å². The zero-order valence-electron chi connectivity index (χ0n) is 17.7. The van der Waals surface area contributed by atoms with Gasteiger partial charge in [0.05, 0.1) is 22.8 Å². The van der Waals surface area contributed by atoms with Gasteiger partial charge in [0.15, 0.2) is 5.82 Å². The number of aromatic nitrogens is 1. The number of hydrogen-bond donors (Lipinski definition) is 2. The Morgan fingerprint density at radius 3 is 2.68 bits per heavy atom.